The minimum absolute atomic E-state index is 0.121. The van der Waals surface area contributed by atoms with Crippen LogP contribution in [0.15, 0.2) is 53.6 Å². The first-order chi connectivity index (χ1) is 18.5. The van der Waals surface area contributed by atoms with E-state index in [-0.39, 0.29) is 12.5 Å². The molecule has 0 aromatic heterocycles. The highest BCUT2D eigenvalue weighted by molar-refractivity contribution is 8.03. The number of thioether (sulfide) groups is 1. The molecular weight excluding hydrogens is 516 g/mol. The third kappa shape index (κ3) is 11.2. The number of ether oxygens (including phenoxy) is 2. The summed E-state index contributed by atoms with van der Waals surface area (Å²) in [5.41, 5.74) is 1.90. The number of carbonyl (C=O) groups excluding carboxylic acids is 1. The first-order valence-electron chi connectivity index (χ1n) is 14.0. The van der Waals surface area contributed by atoms with Gasteiger partial charge in [-0.3, -0.25) is 4.79 Å². The van der Waals surface area contributed by atoms with Gasteiger partial charge in [-0.1, -0.05) is 94.5 Å². The average Bonchev–Trinajstić information content (AvgIpc) is 3.31. The summed E-state index contributed by atoms with van der Waals surface area (Å²) in [6.07, 6.45) is 14.9. The Labute approximate surface area is 238 Å². The molecule has 1 N–H and O–H groups in total. The highest BCUT2D eigenvalue weighted by Gasteiger charge is 2.13. The van der Waals surface area contributed by atoms with Gasteiger partial charge in [0.15, 0.2) is 18.1 Å². The molecule has 0 aliphatic carbocycles. The molecule has 3 rings (SSSR count). The molecule has 0 bridgehead atoms. The van der Waals surface area contributed by atoms with E-state index in [9.17, 15) is 4.79 Å². The minimum atomic E-state index is -0.227. The second kappa shape index (κ2) is 17.3. The minimum Gasteiger partial charge on any atom is -0.488 e. The topological polar surface area (TPSA) is 50.8 Å². The van der Waals surface area contributed by atoms with Gasteiger partial charge in [0.05, 0.1) is 17.5 Å². The number of hydrogen-bond donors (Lipinski definition) is 1. The van der Waals surface area contributed by atoms with E-state index in [0.717, 1.165) is 36.5 Å². The normalized spacial score (nSPS) is 12.9. The first-order valence-corrected chi connectivity index (χ1v) is 15.4. The van der Waals surface area contributed by atoms with Crippen LogP contribution in [0.5, 0.6) is 11.5 Å². The second-order valence-electron chi connectivity index (χ2n) is 9.89. The number of nitrogens with one attached hydrogen (secondary N) is 1. The van der Waals surface area contributed by atoms with E-state index < -0.39 is 0 Å². The van der Waals surface area contributed by atoms with Gasteiger partial charge in [0.2, 0.25) is 0 Å². The largest absolute Gasteiger partial charge is 0.488 e. The van der Waals surface area contributed by atoms with Crippen molar-refractivity contribution in [2.75, 3.05) is 24.4 Å². The third-order valence-electron chi connectivity index (χ3n) is 6.45. The van der Waals surface area contributed by atoms with Crippen molar-refractivity contribution in [3.05, 3.63) is 64.2 Å². The summed E-state index contributed by atoms with van der Waals surface area (Å²) in [6, 6.07) is 13.3. The van der Waals surface area contributed by atoms with Crippen molar-refractivity contribution in [3.8, 4) is 11.5 Å². The summed E-state index contributed by atoms with van der Waals surface area (Å²) in [7, 11) is 0. The molecule has 7 heteroatoms. The fourth-order valence-electron chi connectivity index (χ4n) is 4.44. The van der Waals surface area contributed by atoms with Crippen molar-refractivity contribution in [2.45, 2.75) is 84.6 Å². The van der Waals surface area contributed by atoms with Gasteiger partial charge in [0, 0.05) is 18.4 Å². The van der Waals surface area contributed by atoms with Crippen molar-refractivity contribution in [1.29, 1.82) is 0 Å². The van der Waals surface area contributed by atoms with Crippen LogP contribution in [0.4, 0.5) is 5.69 Å². The lowest BCUT2D eigenvalue weighted by atomic mass is 10.1. The Kier molecular flexibility index (Phi) is 13.8. The smallest absolute Gasteiger partial charge is 0.262 e. The molecule has 0 radical (unpaired) electrons. The molecule has 38 heavy (non-hydrogen) atoms. The zero-order chi connectivity index (χ0) is 27.0. The molecule has 0 fully saturated rings. The number of halogens is 1. The highest BCUT2D eigenvalue weighted by atomic mass is 35.5. The number of benzene rings is 2. The lowest BCUT2D eigenvalue weighted by Crippen LogP contribution is -2.20. The quantitative estimate of drug-likeness (QED) is 0.185. The van der Waals surface area contributed by atoms with Crippen molar-refractivity contribution in [3.63, 3.8) is 0 Å². The van der Waals surface area contributed by atoms with Gasteiger partial charge in [-0.25, -0.2) is 0 Å². The summed E-state index contributed by atoms with van der Waals surface area (Å²) in [5.74, 6) is 1.73. The Balaban J connectivity index is 1.37. The predicted molar refractivity (Wildman–Crippen MR) is 161 cm³/mol. The van der Waals surface area contributed by atoms with E-state index >= 15 is 0 Å². The van der Waals surface area contributed by atoms with E-state index in [2.05, 4.69) is 36.3 Å². The number of amides is 1. The molecule has 208 valence electrons. The van der Waals surface area contributed by atoms with Crippen molar-refractivity contribution in [2.24, 2.45) is 0 Å². The zero-order valence-electron chi connectivity index (χ0n) is 23.0. The average molecular weight is 559 g/mol. The van der Waals surface area contributed by atoms with Crippen molar-refractivity contribution < 1.29 is 14.3 Å². The molecule has 1 heterocycles. The fraction of sp³-hybridized carbons (Fsp3) is 0.516. The van der Waals surface area contributed by atoms with Crippen molar-refractivity contribution in [1.82, 2.24) is 4.90 Å². The predicted octanol–water partition coefficient (Wildman–Crippen LogP) is 9.02. The number of unbranched alkanes of at least 4 members (excludes halogenated alkanes) is 9. The summed E-state index contributed by atoms with van der Waals surface area (Å²) >= 11 is 8.23. The molecular formula is C31H43ClN2O3S. The number of hydrogen-bond acceptors (Lipinski definition) is 5. The summed E-state index contributed by atoms with van der Waals surface area (Å²) < 4.78 is 11.8. The first kappa shape index (κ1) is 30.2. The van der Waals surface area contributed by atoms with E-state index in [1.54, 1.807) is 18.2 Å². The van der Waals surface area contributed by atoms with E-state index in [1.807, 2.05) is 30.0 Å². The fourth-order valence-corrected chi connectivity index (χ4v) is 5.42. The number of para-hydroxylation sites is 1. The highest BCUT2D eigenvalue weighted by Crippen LogP contribution is 2.35. The van der Waals surface area contributed by atoms with Crippen LogP contribution in [0.3, 0.4) is 0 Å². The monoisotopic (exact) mass is 558 g/mol. The number of allylic oxidation sites excluding steroid dienone is 1. The van der Waals surface area contributed by atoms with Crippen LogP contribution < -0.4 is 14.8 Å². The molecule has 2 aromatic carbocycles. The van der Waals surface area contributed by atoms with Gasteiger partial charge in [0.1, 0.15) is 0 Å². The van der Waals surface area contributed by atoms with Gasteiger partial charge in [-0.2, -0.15) is 0 Å². The standard InChI is InChI=1S/C31H43ClN2O3S/c1-3-4-5-6-7-8-9-10-11-12-19-36-31-28(32)17-14-18-29(31)37-23-30(35)33-27-16-13-15-26(20-27)22-34-21-25(2)38-24-34/h13-18,20-21H,3-12,19,22-24H2,1-2H3,(H,33,35). The Morgan fingerprint density at radius 3 is 2.39 bits per heavy atom. The molecule has 0 saturated carbocycles. The van der Waals surface area contributed by atoms with Crippen molar-refractivity contribution >= 4 is 35.0 Å². The van der Waals surface area contributed by atoms with E-state index in [1.165, 1.54) is 56.3 Å². The number of rotatable bonds is 18. The van der Waals surface area contributed by atoms with Gasteiger partial charge >= 0.3 is 0 Å². The van der Waals surface area contributed by atoms with Gasteiger partial charge < -0.3 is 19.7 Å². The lowest BCUT2D eigenvalue weighted by Gasteiger charge is -2.16. The van der Waals surface area contributed by atoms with Crippen LogP contribution in [-0.4, -0.2) is 29.9 Å². The summed E-state index contributed by atoms with van der Waals surface area (Å²) in [6.45, 7) is 5.65. The Bertz CT molecular complexity index is 1030. The molecule has 0 atom stereocenters. The van der Waals surface area contributed by atoms with Crippen LogP contribution in [0.2, 0.25) is 5.02 Å². The lowest BCUT2D eigenvalue weighted by molar-refractivity contribution is -0.118. The third-order valence-corrected chi connectivity index (χ3v) is 7.77. The van der Waals surface area contributed by atoms with Crippen LogP contribution >= 0.6 is 23.4 Å². The maximum atomic E-state index is 12.6. The van der Waals surface area contributed by atoms with E-state index in [4.69, 9.17) is 21.1 Å². The summed E-state index contributed by atoms with van der Waals surface area (Å²) in [5, 5.41) is 3.43. The molecule has 0 spiro atoms. The molecule has 1 amide bonds. The number of anilines is 1. The Morgan fingerprint density at radius 1 is 0.974 bits per heavy atom. The molecule has 1 aliphatic rings. The maximum Gasteiger partial charge on any atom is 0.262 e. The number of carbonyl (C=O) groups is 1. The maximum absolute atomic E-state index is 12.6. The molecule has 1 aliphatic heterocycles. The van der Waals surface area contributed by atoms with E-state index in [0.29, 0.717) is 23.1 Å². The molecule has 5 nitrogen and oxygen atoms in total. The van der Waals surface area contributed by atoms with Crippen LogP contribution in [-0.2, 0) is 11.3 Å². The van der Waals surface area contributed by atoms with Gasteiger partial charge in [-0.05, 0) is 48.1 Å². The van der Waals surface area contributed by atoms with Crippen LogP contribution in [0, 0.1) is 0 Å². The molecule has 0 unspecified atom stereocenters. The Morgan fingerprint density at radius 2 is 1.68 bits per heavy atom. The Hall–Kier alpha value is -2.31. The van der Waals surface area contributed by atoms with Gasteiger partial charge in [0.25, 0.3) is 5.91 Å². The zero-order valence-corrected chi connectivity index (χ0v) is 24.5. The van der Waals surface area contributed by atoms with Gasteiger partial charge in [-0.15, -0.1) is 11.8 Å². The summed E-state index contributed by atoms with van der Waals surface area (Å²) in [4.78, 5) is 16.2. The van der Waals surface area contributed by atoms with Crippen LogP contribution in [0.25, 0.3) is 0 Å². The number of nitrogens with zero attached hydrogens (tertiary/aromatic N) is 1. The molecule has 2 aromatic rings. The van der Waals surface area contributed by atoms with Crippen LogP contribution in [0.1, 0.15) is 83.6 Å². The molecule has 0 saturated heterocycles. The SMILES string of the molecule is CCCCCCCCCCCCOc1c(Cl)cccc1OCC(=O)Nc1cccc(CN2C=C(C)SC2)c1. The second-order valence-corrected chi connectivity index (χ2v) is 11.5.